The molecule has 0 radical (unpaired) electrons. The predicted octanol–water partition coefficient (Wildman–Crippen LogP) is 5.98. The maximum absolute atomic E-state index is 12.9. The lowest BCUT2D eigenvalue weighted by atomic mass is 9.99. The Labute approximate surface area is 206 Å². The summed E-state index contributed by atoms with van der Waals surface area (Å²) in [5.41, 5.74) is 3.61. The summed E-state index contributed by atoms with van der Waals surface area (Å²) in [5.74, 6) is 0. The molecule has 8 heteroatoms. The van der Waals surface area contributed by atoms with Crippen molar-refractivity contribution in [1.82, 2.24) is 0 Å². The number of unbranched alkanes of at least 4 members (excludes halogenated alkanes) is 2. The van der Waals surface area contributed by atoms with E-state index in [2.05, 4.69) is 17.1 Å². The van der Waals surface area contributed by atoms with Crippen LogP contribution >= 0.6 is 0 Å². The number of hydrogen-bond acceptors (Lipinski definition) is 6. The van der Waals surface area contributed by atoms with Gasteiger partial charge in [0.15, 0.2) is 0 Å². The zero-order valence-corrected chi connectivity index (χ0v) is 20.8. The van der Waals surface area contributed by atoms with E-state index < -0.39 is 9.84 Å². The summed E-state index contributed by atoms with van der Waals surface area (Å²) in [7, 11) is -3.56. The number of nitrogens with one attached hydrogen (secondary N) is 1. The van der Waals surface area contributed by atoms with Crippen LogP contribution in [0.3, 0.4) is 0 Å². The van der Waals surface area contributed by atoms with Gasteiger partial charge in [-0.3, -0.25) is 10.1 Å². The summed E-state index contributed by atoms with van der Waals surface area (Å²) >= 11 is 0. The van der Waals surface area contributed by atoms with Crippen molar-refractivity contribution in [3.8, 4) is 0 Å². The molecular weight excluding hydrogens is 462 g/mol. The third kappa shape index (κ3) is 5.65. The summed E-state index contributed by atoms with van der Waals surface area (Å²) in [4.78, 5) is 14.1. The molecule has 4 rings (SSSR count). The van der Waals surface area contributed by atoms with Crippen LogP contribution in [0.4, 0.5) is 17.1 Å². The van der Waals surface area contributed by atoms with Crippen molar-refractivity contribution in [2.75, 3.05) is 23.3 Å². The first-order valence-corrected chi connectivity index (χ1v) is 13.6. The summed E-state index contributed by atoms with van der Waals surface area (Å²) < 4.78 is 25.7. The van der Waals surface area contributed by atoms with Gasteiger partial charge in [-0.05, 0) is 60.7 Å². The topological polar surface area (TPSA) is 92.6 Å². The van der Waals surface area contributed by atoms with Crippen LogP contribution in [-0.4, -0.2) is 26.4 Å². The highest BCUT2D eigenvalue weighted by atomic mass is 32.2. The number of sulfone groups is 1. The third-order valence-corrected chi connectivity index (χ3v) is 8.15. The monoisotopic (exact) mass is 493 g/mol. The molecule has 1 aliphatic heterocycles. The van der Waals surface area contributed by atoms with Crippen LogP contribution in [0.1, 0.15) is 43.7 Å². The molecule has 0 saturated carbocycles. The van der Waals surface area contributed by atoms with Crippen LogP contribution in [0, 0.1) is 10.1 Å². The van der Waals surface area contributed by atoms with Crippen molar-refractivity contribution in [3.63, 3.8) is 0 Å². The zero-order chi connectivity index (χ0) is 24.8. The predicted molar refractivity (Wildman–Crippen MR) is 139 cm³/mol. The van der Waals surface area contributed by atoms with Gasteiger partial charge in [-0.25, -0.2) is 8.42 Å². The van der Waals surface area contributed by atoms with Crippen LogP contribution in [-0.2, 0) is 22.8 Å². The van der Waals surface area contributed by atoms with Crippen molar-refractivity contribution in [3.05, 3.63) is 88.0 Å². The Bertz CT molecular complexity index is 1280. The Hall–Kier alpha value is -3.39. The van der Waals surface area contributed by atoms with E-state index in [1.807, 2.05) is 18.2 Å². The largest absolute Gasteiger partial charge is 0.379 e. The second-order valence-electron chi connectivity index (χ2n) is 8.87. The van der Waals surface area contributed by atoms with Crippen molar-refractivity contribution >= 4 is 26.9 Å². The molecule has 0 amide bonds. The van der Waals surface area contributed by atoms with Crippen molar-refractivity contribution in [2.45, 2.75) is 55.4 Å². The Morgan fingerprint density at radius 3 is 2.40 bits per heavy atom. The molecule has 3 aromatic carbocycles. The van der Waals surface area contributed by atoms with Gasteiger partial charge in [0, 0.05) is 31.4 Å². The summed E-state index contributed by atoms with van der Waals surface area (Å²) in [6.07, 6.45) is 5.00. The van der Waals surface area contributed by atoms with E-state index >= 15 is 0 Å². The molecule has 35 heavy (non-hydrogen) atoms. The van der Waals surface area contributed by atoms with E-state index in [-0.39, 0.29) is 20.4 Å². The second kappa shape index (κ2) is 10.9. The van der Waals surface area contributed by atoms with E-state index in [0.717, 1.165) is 62.0 Å². The molecule has 0 saturated heterocycles. The quantitative estimate of drug-likeness (QED) is 0.212. The number of anilines is 2. The number of nitrogens with zero attached hydrogens (tertiary/aromatic N) is 2. The maximum atomic E-state index is 12.9. The molecule has 0 fully saturated rings. The molecular formula is C27H31N3O4S. The molecule has 0 spiro atoms. The normalized spacial score (nSPS) is 13.3. The highest BCUT2D eigenvalue weighted by Gasteiger charge is 2.24. The van der Waals surface area contributed by atoms with E-state index in [9.17, 15) is 18.5 Å². The number of nitro benzene ring substituents is 1. The van der Waals surface area contributed by atoms with Gasteiger partial charge in [-0.15, -0.1) is 0 Å². The lowest BCUT2D eigenvalue weighted by Gasteiger charge is -2.31. The highest BCUT2D eigenvalue weighted by Crippen LogP contribution is 2.37. The molecule has 0 atom stereocenters. The number of hydrogen-bond donors (Lipinski definition) is 1. The summed E-state index contributed by atoms with van der Waals surface area (Å²) in [5, 5.41) is 15.1. The van der Waals surface area contributed by atoms with Crippen LogP contribution in [0.5, 0.6) is 0 Å². The number of aryl methyl sites for hydroxylation is 1. The molecule has 0 bridgehead atoms. The van der Waals surface area contributed by atoms with Gasteiger partial charge in [0.05, 0.1) is 14.7 Å². The van der Waals surface area contributed by atoms with Crippen LogP contribution in [0.25, 0.3) is 0 Å². The zero-order valence-electron chi connectivity index (χ0n) is 19.9. The van der Waals surface area contributed by atoms with Crippen LogP contribution in [0.15, 0.2) is 76.5 Å². The molecule has 7 nitrogen and oxygen atoms in total. The molecule has 1 N–H and O–H groups in total. The standard InChI is InChI=1S/C27H31N3O4S/c1-2-3-7-16-28-25-18-22-9-8-17-29(26(22)19-27(25)30(31)32)20-21-12-14-24(15-13-21)35(33,34)23-10-5-4-6-11-23/h4-6,10-15,18-19,28H,2-3,7-9,16-17,20H2,1H3. The lowest BCUT2D eigenvalue weighted by molar-refractivity contribution is -0.383. The third-order valence-electron chi connectivity index (χ3n) is 6.36. The van der Waals surface area contributed by atoms with E-state index in [1.165, 1.54) is 0 Å². The SMILES string of the molecule is CCCCCNc1cc2c(cc1[N+](=O)[O-])N(Cc1ccc(S(=O)(=O)c3ccccc3)cc1)CCC2. The first kappa shape index (κ1) is 24.7. The number of fused-ring (bicyclic) bond motifs is 1. The fourth-order valence-electron chi connectivity index (χ4n) is 4.48. The highest BCUT2D eigenvalue weighted by molar-refractivity contribution is 7.91. The van der Waals surface area contributed by atoms with Gasteiger partial charge < -0.3 is 10.2 Å². The van der Waals surface area contributed by atoms with Crippen LogP contribution in [0.2, 0.25) is 0 Å². The van der Waals surface area contributed by atoms with Gasteiger partial charge in [0.25, 0.3) is 5.69 Å². The molecule has 1 heterocycles. The first-order chi connectivity index (χ1) is 16.9. The van der Waals surface area contributed by atoms with Crippen molar-refractivity contribution in [1.29, 1.82) is 0 Å². The van der Waals surface area contributed by atoms with Gasteiger partial charge in [-0.2, -0.15) is 0 Å². The number of benzene rings is 3. The van der Waals surface area contributed by atoms with Gasteiger partial charge in [0.1, 0.15) is 5.69 Å². The molecule has 184 valence electrons. The summed E-state index contributed by atoms with van der Waals surface area (Å²) in [6, 6.07) is 18.9. The van der Waals surface area contributed by atoms with E-state index in [4.69, 9.17) is 0 Å². The maximum Gasteiger partial charge on any atom is 0.294 e. The van der Waals surface area contributed by atoms with E-state index in [1.54, 1.807) is 48.5 Å². The minimum Gasteiger partial charge on any atom is -0.379 e. The average molecular weight is 494 g/mol. The Kier molecular flexibility index (Phi) is 7.70. The van der Waals surface area contributed by atoms with Gasteiger partial charge >= 0.3 is 0 Å². The molecule has 0 aliphatic carbocycles. The fraction of sp³-hybridized carbons (Fsp3) is 0.333. The smallest absolute Gasteiger partial charge is 0.294 e. The Morgan fingerprint density at radius 1 is 1.00 bits per heavy atom. The number of nitro groups is 1. The fourth-order valence-corrected chi connectivity index (χ4v) is 5.76. The number of rotatable bonds is 10. The summed E-state index contributed by atoms with van der Waals surface area (Å²) in [6.45, 7) is 4.19. The first-order valence-electron chi connectivity index (χ1n) is 12.1. The van der Waals surface area contributed by atoms with E-state index in [0.29, 0.717) is 12.2 Å². The lowest BCUT2D eigenvalue weighted by Crippen LogP contribution is -2.29. The van der Waals surface area contributed by atoms with Crippen LogP contribution < -0.4 is 10.2 Å². The molecule has 0 aromatic heterocycles. The second-order valence-corrected chi connectivity index (χ2v) is 10.8. The Morgan fingerprint density at radius 2 is 1.71 bits per heavy atom. The average Bonchev–Trinajstić information content (AvgIpc) is 2.87. The molecule has 1 aliphatic rings. The van der Waals surface area contributed by atoms with Gasteiger partial charge in [-0.1, -0.05) is 50.1 Å². The van der Waals surface area contributed by atoms with Gasteiger partial charge in [0.2, 0.25) is 9.84 Å². The minimum atomic E-state index is -3.56. The minimum absolute atomic E-state index is 0.0939. The Balaban J connectivity index is 1.54. The van der Waals surface area contributed by atoms with Crippen molar-refractivity contribution in [2.24, 2.45) is 0 Å². The van der Waals surface area contributed by atoms with Crippen molar-refractivity contribution < 1.29 is 13.3 Å². The molecule has 0 unspecified atom stereocenters. The molecule has 3 aromatic rings.